The molecule has 0 bridgehead atoms. The lowest BCUT2D eigenvalue weighted by molar-refractivity contribution is 0.0697. The summed E-state index contributed by atoms with van der Waals surface area (Å²) >= 11 is 18.0. The van der Waals surface area contributed by atoms with E-state index in [4.69, 9.17) is 44.3 Å². The van der Waals surface area contributed by atoms with Crippen molar-refractivity contribution in [2.24, 2.45) is 0 Å². The van der Waals surface area contributed by atoms with Crippen molar-refractivity contribution in [1.82, 2.24) is 0 Å². The minimum Gasteiger partial charge on any atom is -0.478 e. The highest BCUT2D eigenvalue weighted by Crippen LogP contribution is 2.32. The molecule has 0 saturated heterocycles. The Bertz CT molecular complexity index is 937. The summed E-state index contributed by atoms with van der Waals surface area (Å²) in [6.45, 7) is 0.374. The highest BCUT2D eigenvalue weighted by atomic mass is 35.5. The van der Waals surface area contributed by atoms with E-state index in [2.05, 4.69) is 5.32 Å². The van der Waals surface area contributed by atoms with Crippen LogP contribution >= 0.6 is 34.8 Å². The van der Waals surface area contributed by atoms with Gasteiger partial charge in [0.1, 0.15) is 11.5 Å². The predicted octanol–water partition coefficient (Wildman–Crippen LogP) is 6.22. The van der Waals surface area contributed by atoms with Gasteiger partial charge in [0.25, 0.3) is 0 Å². The van der Waals surface area contributed by atoms with Crippen molar-refractivity contribution in [1.29, 1.82) is 0 Å². The van der Waals surface area contributed by atoms with Crippen LogP contribution in [-0.4, -0.2) is 11.1 Å². The van der Waals surface area contributed by atoms with Gasteiger partial charge in [0, 0.05) is 16.3 Å². The number of hydrogen-bond acceptors (Lipinski definition) is 3. The fraction of sp³-hybridized carbons (Fsp3) is 0.0556. The molecule has 0 fully saturated rings. The molecule has 2 N–H and O–H groups in total. The highest BCUT2D eigenvalue weighted by molar-refractivity contribution is 6.35. The van der Waals surface area contributed by atoms with Crippen LogP contribution in [0.4, 0.5) is 5.69 Å². The van der Waals surface area contributed by atoms with Gasteiger partial charge in [-0.25, -0.2) is 4.79 Å². The molecule has 3 rings (SSSR count). The van der Waals surface area contributed by atoms with Crippen molar-refractivity contribution >= 4 is 46.5 Å². The first-order valence-corrected chi connectivity index (χ1v) is 8.38. The number of rotatable bonds is 5. The second-order valence-electron chi connectivity index (χ2n) is 5.24. The van der Waals surface area contributed by atoms with Crippen molar-refractivity contribution in [2.75, 3.05) is 5.32 Å². The van der Waals surface area contributed by atoms with Crippen LogP contribution in [0.3, 0.4) is 0 Å². The van der Waals surface area contributed by atoms with Crippen LogP contribution in [0.5, 0.6) is 0 Å². The number of carbonyl (C=O) groups is 1. The lowest BCUT2D eigenvalue weighted by atomic mass is 10.2. The molecular weight excluding hydrogens is 385 g/mol. The van der Waals surface area contributed by atoms with Gasteiger partial charge in [0.15, 0.2) is 0 Å². The fourth-order valence-electron chi connectivity index (χ4n) is 2.29. The van der Waals surface area contributed by atoms with Gasteiger partial charge in [-0.3, -0.25) is 0 Å². The van der Waals surface area contributed by atoms with E-state index < -0.39 is 5.97 Å². The van der Waals surface area contributed by atoms with Crippen molar-refractivity contribution in [3.8, 4) is 11.3 Å². The Hall–Kier alpha value is -2.14. The Kier molecular flexibility index (Phi) is 5.23. The van der Waals surface area contributed by atoms with Crippen LogP contribution in [0, 0.1) is 0 Å². The molecule has 1 heterocycles. The largest absolute Gasteiger partial charge is 0.478 e. The van der Waals surface area contributed by atoms with Crippen molar-refractivity contribution in [3.63, 3.8) is 0 Å². The van der Waals surface area contributed by atoms with E-state index >= 15 is 0 Å². The van der Waals surface area contributed by atoms with Gasteiger partial charge >= 0.3 is 5.97 Å². The minimum absolute atomic E-state index is 0.0394. The summed E-state index contributed by atoms with van der Waals surface area (Å²) in [7, 11) is 0. The molecule has 128 valence electrons. The molecule has 0 atom stereocenters. The fourth-order valence-corrected chi connectivity index (χ4v) is 2.87. The Balaban J connectivity index is 1.75. The van der Waals surface area contributed by atoms with Gasteiger partial charge in [-0.05, 0) is 48.5 Å². The van der Waals surface area contributed by atoms with E-state index in [1.165, 1.54) is 12.1 Å². The number of carboxylic acid groups (broad SMARTS) is 1. The third-order valence-electron chi connectivity index (χ3n) is 3.52. The molecule has 0 radical (unpaired) electrons. The summed E-state index contributed by atoms with van der Waals surface area (Å²) in [5.74, 6) is 0.189. The number of halogens is 3. The van der Waals surface area contributed by atoms with Crippen molar-refractivity contribution < 1.29 is 14.3 Å². The second kappa shape index (κ2) is 7.40. The molecule has 0 saturated carbocycles. The number of carboxylic acids is 1. The number of hydrogen-bond donors (Lipinski definition) is 2. The molecule has 0 aliphatic rings. The smallest absolute Gasteiger partial charge is 0.337 e. The lowest BCUT2D eigenvalue weighted by Gasteiger charge is -2.07. The van der Waals surface area contributed by atoms with Gasteiger partial charge in [-0.15, -0.1) is 0 Å². The standard InChI is InChI=1S/C18H12Cl3NO3/c19-10-1-4-15(20)13(7-10)17-6-3-12(25-17)9-22-11-2-5-16(21)14(8-11)18(23)24/h1-8,22H,9H2,(H,23,24). The summed E-state index contributed by atoms with van der Waals surface area (Å²) < 4.78 is 5.78. The maximum absolute atomic E-state index is 11.1. The number of furan rings is 1. The van der Waals surface area contributed by atoms with E-state index in [0.717, 1.165) is 0 Å². The molecule has 3 aromatic rings. The van der Waals surface area contributed by atoms with Gasteiger partial charge in [-0.2, -0.15) is 0 Å². The second-order valence-corrected chi connectivity index (χ2v) is 6.49. The van der Waals surface area contributed by atoms with E-state index in [1.54, 1.807) is 30.3 Å². The molecule has 0 spiro atoms. The third kappa shape index (κ3) is 4.10. The monoisotopic (exact) mass is 395 g/mol. The number of aromatic carboxylic acids is 1. The molecule has 0 aliphatic heterocycles. The Morgan fingerprint density at radius 3 is 2.52 bits per heavy atom. The summed E-state index contributed by atoms with van der Waals surface area (Å²) in [4.78, 5) is 11.1. The first kappa shape index (κ1) is 17.7. The molecular formula is C18H12Cl3NO3. The predicted molar refractivity (Wildman–Crippen MR) is 99.9 cm³/mol. The Morgan fingerprint density at radius 2 is 1.76 bits per heavy atom. The van der Waals surface area contributed by atoms with Crippen molar-refractivity contribution in [3.05, 3.63) is 74.9 Å². The average molecular weight is 397 g/mol. The van der Waals surface area contributed by atoms with Crippen LogP contribution in [0.25, 0.3) is 11.3 Å². The zero-order valence-corrected chi connectivity index (χ0v) is 15.0. The number of benzene rings is 2. The van der Waals surface area contributed by atoms with Crippen molar-refractivity contribution in [2.45, 2.75) is 6.54 Å². The normalized spacial score (nSPS) is 10.7. The lowest BCUT2D eigenvalue weighted by Crippen LogP contribution is -2.02. The van der Waals surface area contributed by atoms with Crippen LogP contribution in [-0.2, 0) is 6.54 Å². The molecule has 7 heteroatoms. The zero-order chi connectivity index (χ0) is 18.0. The van der Waals surface area contributed by atoms with E-state index in [1.807, 2.05) is 6.07 Å². The van der Waals surface area contributed by atoms with Gasteiger partial charge in [-0.1, -0.05) is 34.8 Å². The Labute approximate surface area is 158 Å². The first-order valence-electron chi connectivity index (χ1n) is 7.25. The summed E-state index contributed by atoms with van der Waals surface area (Å²) in [6.07, 6.45) is 0. The van der Waals surface area contributed by atoms with E-state index in [9.17, 15) is 4.79 Å². The summed E-state index contributed by atoms with van der Waals surface area (Å²) in [5.41, 5.74) is 1.37. The van der Waals surface area contributed by atoms with E-state index in [-0.39, 0.29) is 10.6 Å². The maximum Gasteiger partial charge on any atom is 0.337 e. The molecule has 1 aromatic heterocycles. The highest BCUT2D eigenvalue weighted by Gasteiger charge is 2.11. The SMILES string of the molecule is O=C(O)c1cc(NCc2ccc(-c3cc(Cl)ccc3Cl)o2)ccc1Cl. The van der Waals surface area contributed by atoms with E-state index in [0.29, 0.717) is 39.4 Å². The number of anilines is 1. The molecule has 2 aromatic carbocycles. The third-order valence-corrected chi connectivity index (χ3v) is 4.41. The number of nitrogens with one attached hydrogen (secondary N) is 1. The Morgan fingerprint density at radius 1 is 1.00 bits per heavy atom. The molecule has 25 heavy (non-hydrogen) atoms. The maximum atomic E-state index is 11.1. The molecule has 0 amide bonds. The summed E-state index contributed by atoms with van der Waals surface area (Å²) in [6, 6.07) is 13.5. The topological polar surface area (TPSA) is 62.5 Å². The zero-order valence-electron chi connectivity index (χ0n) is 12.7. The van der Waals surface area contributed by atoms with Crippen LogP contribution in [0.2, 0.25) is 15.1 Å². The van der Waals surface area contributed by atoms with Crippen LogP contribution in [0.1, 0.15) is 16.1 Å². The molecule has 0 unspecified atom stereocenters. The molecule has 4 nitrogen and oxygen atoms in total. The van der Waals surface area contributed by atoms with Gasteiger partial charge < -0.3 is 14.8 Å². The average Bonchev–Trinajstić information content (AvgIpc) is 3.05. The van der Waals surface area contributed by atoms with Gasteiger partial charge in [0.2, 0.25) is 0 Å². The first-order chi connectivity index (χ1) is 11.9. The minimum atomic E-state index is -1.08. The van der Waals surface area contributed by atoms with Gasteiger partial charge in [0.05, 0.1) is 22.2 Å². The van der Waals surface area contributed by atoms with Crippen LogP contribution in [0.15, 0.2) is 52.9 Å². The summed E-state index contributed by atoms with van der Waals surface area (Å²) in [5, 5.41) is 13.5. The quantitative estimate of drug-likeness (QED) is 0.537. The van der Waals surface area contributed by atoms with Crippen LogP contribution < -0.4 is 5.32 Å². The molecule has 0 aliphatic carbocycles.